The fourth-order valence-corrected chi connectivity index (χ4v) is 1.39. The Morgan fingerprint density at radius 3 is 2.80 bits per heavy atom. The Hall–Kier alpha value is -1.16. The first-order chi connectivity index (χ1) is 7.15. The van der Waals surface area contributed by atoms with Crippen LogP contribution in [0.25, 0.3) is 0 Å². The minimum Gasteiger partial charge on any atom is -0.358 e. The van der Waals surface area contributed by atoms with Crippen molar-refractivity contribution in [1.82, 2.24) is 10.2 Å². The standard InChI is InChI=1S/C11H20N4/c1-9(2)5-7-15(3)11-10(8-12)4-6-13-14-11/h4,6,9H,5,7-8,12H2,1-3H3. The van der Waals surface area contributed by atoms with Gasteiger partial charge in [-0.3, -0.25) is 0 Å². The Kier molecular flexibility index (Phi) is 4.49. The molecule has 0 aliphatic heterocycles. The highest BCUT2D eigenvalue weighted by molar-refractivity contribution is 5.44. The summed E-state index contributed by atoms with van der Waals surface area (Å²) in [6, 6.07) is 1.92. The third kappa shape index (κ3) is 3.47. The molecule has 0 fully saturated rings. The van der Waals surface area contributed by atoms with Gasteiger partial charge in [0, 0.05) is 25.7 Å². The van der Waals surface area contributed by atoms with E-state index < -0.39 is 0 Å². The molecule has 15 heavy (non-hydrogen) atoms. The van der Waals surface area contributed by atoms with Crippen molar-refractivity contribution in [2.75, 3.05) is 18.5 Å². The molecule has 84 valence electrons. The summed E-state index contributed by atoms with van der Waals surface area (Å²) in [5.74, 6) is 1.60. The number of anilines is 1. The van der Waals surface area contributed by atoms with Crippen molar-refractivity contribution in [2.45, 2.75) is 26.8 Å². The summed E-state index contributed by atoms with van der Waals surface area (Å²) >= 11 is 0. The molecule has 1 rings (SSSR count). The first-order valence-corrected chi connectivity index (χ1v) is 5.37. The van der Waals surface area contributed by atoms with Crippen molar-refractivity contribution in [1.29, 1.82) is 0 Å². The minimum absolute atomic E-state index is 0.511. The van der Waals surface area contributed by atoms with Crippen LogP contribution in [0.5, 0.6) is 0 Å². The molecule has 1 aromatic heterocycles. The van der Waals surface area contributed by atoms with Crippen LogP contribution in [0.15, 0.2) is 12.3 Å². The number of nitrogens with zero attached hydrogens (tertiary/aromatic N) is 3. The van der Waals surface area contributed by atoms with Crippen molar-refractivity contribution >= 4 is 5.82 Å². The zero-order valence-corrected chi connectivity index (χ0v) is 9.77. The molecule has 0 saturated heterocycles. The SMILES string of the molecule is CC(C)CCN(C)c1nnccc1CN. The van der Waals surface area contributed by atoms with Crippen LogP contribution in [0, 0.1) is 5.92 Å². The maximum atomic E-state index is 5.65. The summed E-state index contributed by atoms with van der Waals surface area (Å²) in [6.45, 7) is 5.93. The van der Waals surface area contributed by atoms with E-state index in [1.807, 2.05) is 13.1 Å². The van der Waals surface area contributed by atoms with Crippen molar-refractivity contribution in [2.24, 2.45) is 11.7 Å². The van der Waals surface area contributed by atoms with E-state index in [-0.39, 0.29) is 0 Å². The van der Waals surface area contributed by atoms with Gasteiger partial charge in [0.2, 0.25) is 0 Å². The lowest BCUT2D eigenvalue weighted by Crippen LogP contribution is -2.23. The zero-order valence-electron chi connectivity index (χ0n) is 9.77. The van der Waals surface area contributed by atoms with Gasteiger partial charge in [-0.25, -0.2) is 0 Å². The second-order valence-electron chi connectivity index (χ2n) is 4.19. The molecule has 4 nitrogen and oxygen atoms in total. The van der Waals surface area contributed by atoms with Gasteiger partial charge in [-0.15, -0.1) is 5.10 Å². The van der Waals surface area contributed by atoms with E-state index in [0.29, 0.717) is 12.5 Å². The molecular formula is C11H20N4. The molecule has 0 aliphatic carbocycles. The largest absolute Gasteiger partial charge is 0.358 e. The number of aromatic nitrogens is 2. The molecule has 0 atom stereocenters. The molecule has 0 radical (unpaired) electrons. The van der Waals surface area contributed by atoms with Gasteiger partial charge >= 0.3 is 0 Å². The molecule has 0 saturated carbocycles. The average Bonchev–Trinajstić information content (AvgIpc) is 2.25. The fourth-order valence-electron chi connectivity index (χ4n) is 1.39. The van der Waals surface area contributed by atoms with E-state index >= 15 is 0 Å². The fraction of sp³-hybridized carbons (Fsp3) is 0.636. The van der Waals surface area contributed by atoms with Gasteiger partial charge in [-0.1, -0.05) is 13.8 Å². The molecule has 0 unspecified atom stereocenters. The summed E-state index contributed by atoms with van der Waals surface area (Å²) < 4.78 is 0. The molecule has 1 heterocycles. The Morgan fingerprint density at radius 1 is 1.47 bits per heavy atom. The average molecular weight is 208 g/mol. The predicted octanol–water partition coefficient (Wildman–Crippen LogP) is 1.42. The lowest BCUT2D eigenvalue weighted by atomic mass is 10.1. The van der Waals surface area contributed by atoms with Crippen LogP contribution in [0.4, 0.5) is 5.82 Å². The summed E-state index contributed by atoms with van der Waals surface area (Å²) in [6.07, 6.45) is 2.83. The number of nitrogens with two attached hydrogens (primary N) is 1. The van der Waals surface area contributed by atoms with E-state index in [4.69, 9.17) is 5.73 Å². The third-order valence-electron chi connectivity index (χ3n) is 2.41. The van der Waals surface area contributed by atoms with E-state index in [1.54, 1.807) is 6.20 Å². The molecule has 0 aliphatic rings. The van der Waals surface area contributed by atoms with Gasteiger partial charge in [0.05, 0.1) is 6.20 Å². The minimum atomic E-state index is 0.511. The van der Waals surface area contributed by atoms with E-state index in [1.165, 1.54) is 0 Å². The molecule has 1 aromatic rings. The second kappa shape index (κ2) is 5.66. The quantitative estimate of drug-likeness (QED) is 0.795. The number of hydrogen-bond acceptors (Lipinski definition) is 4. The second-order valence-corrected chi connectivity index (χ2v) is 4.19. The highest BCUT2D eigenvalue weighted by Crippen LogP contribution is 2.15. The molecule has 0 bridgehead atoms. The van der Waals surface area contributed by atoms with Gasteiger partial charge in [-0.2, -0.15) is 5.10 Å². The molecular weight excluding hydrogens is 188 g/mol. The third-order valence-corrected chi connectivity index (χ3v) is 2.41. The van der Waals surface area contributed by atoms with Crippen LogP contribution in [0.2, 0.25) is 0 Å². The van der Waals surface area contributed by atoms with Crippen LogP contribution in [0.1, 0.15) is 25.8 Å². The summed E-state index contributed by atoms with van der Waals surface area (Å²) in [4.78, 5) is 2.12. The highest BCUT2D eigenvalue weighted by atomic mass is 15.2. The van der Waals surface area contributed by atoms with Gasteiger partial charge in [-0.05, 0) is 18.4 Å². The summed E-state index contributed by atoms with van der Waals surface area (Å²) in [7, 11) is 2.03. The topological polar surface area (TPSA) is 55.0 Å². The van der Waals surface area contributed by atoms with Crippen molar-refractivity contribution in [3.8, 4) is 0 Å². The first-order valence-electron chi connectivity index (χ1n) is 5.37. The smallest absolute Gasteiger partial charge is 0.155 e. The number of rotatable bonds is 5. The van der Waals surface area contributed by atoms with Crippen molar-refractivity contribution in [3.05, 3.63) is 17.8 Å². The zero-order chi connectivity index (χ0) is 11.3. The van der Waals surface area contributed by atoms with Gasteiger partial charge in [0.25, 0.3) is 0 Å². The Labute approximate surface area is 91.5 Å². The van der Waals surface area contributed by atoms with Crippen LogP contribution in [-0.2, 0) is 6.54 Å². The maximum absolute atomic E-state index is 5.65. The first kappa shape index (κ1) is 11.9. The molecule has 4 heteroatoms. The Balaban J connectivity index is 2.68. The predicted molar refractivity (Wildman–Crippen MR) is 62.6 cm³/mol. The van der Waals surface area contributed by atoms with Crippen LogP contribution < -0.4 is 10.6 Å². The van der Waals surface area contributed by atoms with Crippen LogP contribution >= 0.6 is 0 Å². The molecule has 2 N–H and O–H groups in total. The number of hydrogen-bond donors (Lipinski definition) is 1. The van der Waals surface area contributed by atoms with Crippen molar-refractivity contribution < 1.29 is 0 Å². The lowest BCUT2D eigenvalue weighted by molar-refractivity contribution is 0.582. The molecule has 0 aromatic carbocycles. The Morgan fingerprint density at radius 2 is 2.20 bits per heavy atom. The van der Waals surface area contributed by atoms with Gasteiger partial charge in [0.15, 0.2) is 5.82 Å². The molecule has 0 amide bonds. The lowest BCUT2D eigenvalue weighted by Gasteiger charge is -2.20. The summed E-state index contributed by atoms with van der Waals surface area (Å²) in [5, 5.41) is 8.02. The van der Waals surface area contributed by atoms with E-state index in [2.05, 4.69) is 28.9 Å². The molecule has 0 spiro atoms. The summed E-state index contributed by atoms with van der Waals surface area (Å²) in [5.41, 5.74) is 6.70. The van der Waals surface area contributed by atoms with E-state index in [9.17, 15) is 0 Å². The maximum Gasteiger partial charge on any atom is 0.155 e. The Bertz CT molecular complexity index is 298. The monoisotopic (exact) mass is 208 g/mol. The van der Waals surface area contributed by atoms with E-state index in [0.717, 1.165) is 24.3 Å². The normalized spacial score (nSPS) is 10.7. The van der Waals surface area contributed by atoms with Crippen molar-refractivity contribution in [3.63, 3.8) is 0 Å². The highest BCUT2D eigenvalue weighted by Gasteiger charge is 2.08. The van der Waals surface area contributed by atoms with Crippen LogP contribution in [0.3, 0.4) is 0 Å². The van der Waals surface area contributed by atoms with Gasteiger partial charge in [0.1, 0.15) is 0 Å². The van der Waals surface area contributed by atoms with Gasteiger partial charge < -0.3 is 10.6 Å². The van der Waals surface area contributed by atoms with Crippen LogP contribution in [-0.4, -0.2) is 23.8 Å².